The maximum absolute atomic E-state index is 13.8. The molecule has 2 N–H and O–H groups in total. The minimum atomic E-state index is -1.91. The van der Waals surface area contributed by atoms with E-state index in [9.17, 15) is 17.4 Å². The Morgan fingerprint density at radius 1 is 1.10 bits per heavy atom. The van der Waals surface area contributed by atoms with Gasteiger partial charge in [0.05, 0.1) is 25.9 Å². The molecule has 0 aliphatic rings. The van der Waals surface area contributed by atoms with E-state index in [1.165, 1.54) is 18.2 Å². The summed E-state index contributed by atoms with van der Waals surface area (Å²) < 4.78 is 53.0. The van der Waals surface area contributed by atoms with Gasteiger partial charge in [-0.05, 0) is 46.3 Å². The summed E-state index contributed by atoms with van der Waals surface area (Å²) in [5.74, 6) is -2.89. The zero-order valence-corrected chi connectivity index (χ0v) is 12.4. The Kier molecular flexibility index (Phi) is 4.49. The first kappa shape index (κ1) is 15.1. The van der Waals surface area contributed by atoms with E-state index in [-0.39, 0.29) is 20.6 Å². The molecule has 0 amide bonds. The van der Waals surface area contributed by atoms with Gasteiger partial charge in [-0.2, -0.15) is 0 Å². The molecule has 0 saturated heterocycles. The van der Waals surface area contributed by atoms with Gasteiger partial charge in [0, 0.05) is 11.3 Å². The average Bonchev–Trinajstić information content (AvgIpc) is 2.39. The Morgan fingerprint density at radius 3 is 2.45 bits per heavy atom. The minimum Gasteiger partial charge on any atom is -0.399 e. The Balaban J connectivity index is 2.35. The van der Waals surface area contributed by atoms with Crippen molar-refractivity contribution in [3.8, 4) is 0 Å². The lowest BCUT2D eigenvalue weighted by Gasteiger charge is -2.08. The maximum atomic E-state index is 13.8. The molecule has 0 fully saturated rings. The summed E-state index contributed by atoms with van der Waals surface area (Å²) in [6.45, 7) is 0. The van der Waals surface area contributed by atoms with Crippen molar-refractivity contribution in [2.45, 2.75) is 10.6 Å². The van der Waals surface area contributed by atoms with Gasteiger partial charge < -0.3 is 5.73 Å². The van der Waals surface area contributed by atoms with Crippen LogP contribution in [-0.2, 0) is 16.6 Å². The Hall–Kier alpha value is -1.34. The smallest absolute Gasteiger partial charge is 0.144 e. The van der Waals surface area contributed by atoms with Crippen LogP contribution in [0, 0.1) is 17.5 Å². The number of anilines is 1. The fraction of sp³-hybridized carbons (Fsp3) is 0.0769. The van der Waals surface area contributed by atoms with Crippen LogP contribution >= 0.6 is 15.9 Å². The molecule has 0 spiro atoms. The van der Waals surface area contributed by atoms with Crippen molar-refractivity contribution in [3.05, 3.63) is 57.8 Å². The Labute approximate surface area is 124 Å². The summed E-state index contributed by atoms with van der Waals surface area (Å²) in [4.78, 5) is -0.141. The normalized spacial score (nSPS) is 12.4. The lowest BCUT2D eigenvalue weighted by atomic mass is 10.2. The number of halogens is 4. The van der Waals surface area contributed by atoms with E-state index in [2.05, 4.69) is 15.9 Å². The van der Waals surface area contributed by atoms with Crippen molar-refractivity contribution in [1.29, 1.82) is 0 Å². The maximum Gasteiger partial charge on any atom is 0.144 e. The van der Waals surface area contributed by atoms with Crippen LogP contribution in [0.15, 0.2) is 39.7 Å². The second-order valence-electron chi connectivity index (χ2n) is 4.00. The second kappa shape index (κ2) is 5.97. The third-order valence-electron chi connectivity index (χ3n) is 2.62. The highest BCUT2D eigenvalue weighted by Gasteiger charge is 2.18. The van der Waals surface area contributed by atoms with Crippen molar-refractivity contribution in [1.82, 2.24) is 0 Å². The summed E-state index contributed by atoms with van der Waals surface area (Å²) in [7, 11) is -1.91. The van der Waals surface area contributed by atoms with Crippen molar-refractivity contribution in [2.24, 2.45) is 0 Å². The van der Waals surface area contributed by atoms with Gasteiger partial charge in [-0.3, -0.25) is 4.21 Å². The van der Waals surface area contributed by atoms with Crippen LogP contribution < -0.4 is 5.73 Å². The molecule has 1 unspecified atom stereocenters. The van der Waals surface area contributed by atoms with Crippen LogP contribution in [-0.4, -0.2) is 4.21 Å². The van der Waals surface area contributed by atoms with Crippen molar-refractivity contribution in [2.75, 3.05) is 5.73 Å². The first-order chi connectivity index (χ1) is 9.40. The molecule has 2 aromatic carbocycles. The van der Waals surface area contributed by atoms with E-state index in [1.807, 2.05) is 0 Å². The minimum absolute atomic E-state index is 0.0590. The lowest BCUT2D eigenvalue weighted by Crippen LogP contribution is -2.04. The van der Waals surface area contributed by atoms with E-state index in [1.54, 1.807) is 0 Å². The fourth-order valence-corrected chi connectivity index (χ4v) is 3.16. The second-order valence-corrected chi connectivity index (χ2v) is 6.28. The van der Waals surface area contributed by atoms with Crippen molar-refractivity contribution < 1.29 is 17.4 Å². The molecule has 0 aliphatic heterocycles. The number of hydrogen-bond acceptors (Lipinski definition) is 2. The topological polar surface area (TPSA) is 43.1 Å². The van der Waals surface area contributed by atoms with Gasteiger partial charge in [0.25, 0.3) is 0 Å². The number of nitrogens with two attached hydrogens (primary N) is 1. The van der Waals surface area contributed by atoms with Crippen molar-refractivity contribution in [3.63, 3.8) is 0 Å². The molecule has 2 nitrogen and oxygen atoms in total. The third-order valence-corrected chi connectivity index (χ3v) is 4.60. The summed E-state index contributed by atoms with van der Waals surface area (Å²) >= 11 is 2.92. The molecule has 0 aromatic heterocycles. The fourth-order valence-electron chi connectivity index (χ4n) is 1.61. The van der Waals surface area contributed by atoms with E-state index in [0.717, 1.165) is 12.1 Å². The molecule has 106 valence electrons. The summed E-state index contributed by atoms with van der Waals surface area (Å²) in [6, 6.07) is 5.90. The third kappa shape index (κ3) is 3.04. The first-order valence-corrected chi connectivity index (χ1v) is 7.57. The number of nitrogen functional groups attached to an aromatic ring is 1. The predicted octanol–water partition coefficient (Wildman–Crippen LogP) is 3.76. The standard InChI is InChI=1S/C13H9BrF3NOS/c14-9-2-3-10(15)8(13(9)17)6-20(19)12-4-1-7(18)5-11(12)16/h1-5H,6,18H2. The highest BCUT2D eigenvalue weighted by Crippen LogP contribution is 2.25. The summed E-state index contributed by atoms with van der Waals surface area (Å²) in [6.07, 6.45) is 0. The molecular formula is C13H9BrF3NOS. The van der Waals surface area contributed by atoms with E-state index in [0.29, 0.717) is 0 Å². The largest absolute Gasteiger partial charge is 0.399 e. The van der Waals surface area contributed by atoms with Crippen LogP contribution in [0.1, 0.15) is 5.56 Å². The van der Waals surface area contributed by atoms with Crippen LogP contribution in [0.4, 0.5) is 18.9 Å². The number of benzene rings is 2. The summed E-state index contributed by atoms with van der Waals surface area (Å²) in [5, 5.41) is 0. The first-order valence-electron chi connectivity index (χ1n) is 5.46. The molecule has 0 bridgehead atoms. The monoisotopic (exact) mass is 363 g/mol. The Bertz CT molecular complexity index is 694. The van der Waals surface area contributed by atoms with E-state index < -0.39 is 34.0 Å². The molecule has 0 heterocycles. The quantitative estimate of drug-likeness (QED) is 0.666. The van der Waals surface area contributed by atoms with Gasteiger partial charge in [-0.1, -0.05) is 0 Å². The van der Waals surface area contributed by atoms with Gasteiger partial charge in [-0.15, -0.1) is 0 Å². The molecule has 0 aliphatic carbocycles. The summed E-state index contributed by atoms with van der Waals surface area (Å²) in [5.41, 5.74) is 5.21. The molecule has 2 aromatic rings. The molecule has 1 atom stereocenters. The number of rotatable bonds is 3. The highest BCUT2D eigenvalue weighted by atomic mass is 79.9. The molecule has 0 radical (unpaired) electrons. The van der Waals surface area contributed by atoms with E-state index in [4.69, 9.17) is 5.73 Å². The van der Waals surface area contributed by atoms with Gasteiger partial charge in [0.1, 0.15) is 17.5 Å². The zero-order valence-electron chi connectivity index (χ0n) is 10.00. The van der Waals surface area contributed by atoms with Crippen molar-refractivity contribution >= 4 is 32.4 Å². The van der Waals surface area contributed by atoms with Gasteiger partial charge in [0.2, 0.25) is 0 Å². The molecule has 2 rings (SSSR count). The van der Waals surface area contributed by atoms with Crippen LogP contribution in [0.25, 0.3) is 0 Å². The zero-order chi connectivity index (χ0) is 14.9. The van der Waals surface area contributed by atoms with Gasteiger partial charge in [-0.25, -0.2) is 13.2 Å². The lowest BCUT2D eigenvalue weighted by molar-refractivity contribution is 0.559. The highest BCUT2D eigenvalue weighted by molar-refractivity contribution is 9.10. The molecule has 7 heteroatoms. The Morgan fingerprint density at radius 2 is 1.80 bits per heavy atom. The SMILES string of the molecule is Nc1ccc(S(=O)Cc2c(F)ccc(Br)c2F)c(F)c1. The molecule has 20 heavy (non-hydrogen) atoms. The van der Waals surface area contributed by atoms with Crippen LogP contribution in [0.3, 0.4) is 0 Å². The average molecular weight is 364 g/mol. The van der Waals surface area contributed by atoms with Gasteiger partial charge in [0.15, 0.2) is 0 Å². The van der Waals surface area contributed by atoms with E-state index >= 15 is 0 Å². The van der Waals surface area contributed by atoms with Crippen LogP contribution in [0.2, 0.25) is 0 Å². The molecular weight excluding hydrogens is 355 g/mol. The molecule has 0 saturated carbocycles. The predicted molar refractivity (Wildman–Crippen MR) is 75.0 cm³/mol. The van der Waals surface area contributed by atoms with Gasteiger partial charge >= 0.3 is 0 Å². The number of hydrogen-bond donors (Lipinski definition) is 1. The van der Waals surface area contributed by atoms with Crippen LogP contribution in [0.5, 0.6) is 0 Å².